The van der Waals surface area contributed by atoms with Crippen LogP contribution in [0, 0.1) is 0 Å². The first-order valence-corrected chi connectivity index (χ1v) is 10.1. The molecule has 7 heteroatoms. The highest BCUT2D eigenvalue weighted by molar-refractivity contribution is 9.10. The fourth-order valence-corrected chi connectivity index (χ4v) is 4.88. The van der Waals surface area contributed by atoms with Crippen LogP contribution in [-0.4, -0.2) is 55.5 Å². The molecule has 1 fully saturated rings. The summed E-state index contributed by atoms with van der Waals surface area (Å²) in [6, 6.07) is 4.06. The van der Waals surface area contributed by atoms with E-state index in [1.165, 1.54) is 11.3 Å². The van der Waals surface area contributed by atoms with Gasteiger partial charge in [-0.05, 0) is 67.2 Å². The summed E-state index contributed by atoms with van der Waals surface area (Å²) in [6.07, 6.45) is 1.72. The Hall–Kier alpha value is -0.980. The van der Waals surface area contributed by atoms with E-state index in [0.29, 0.717) is 13.1 Å². The summed E-state index contributed by atoms with van der Waals surface area (Å²) in [5.41, 5.74) is 1.90. The summed E-state index contributed by atoms with van der Waals surface area (Å²) < 4.78 is 12.3. The van der Waals surface area contributed by atoms with E-state index in [4.69, 9.17) is 21.1 Å². The number of carbonyl (C=O) groups is 1. The molecule has 144 valence electrons. The van der Waals surface area contributed by atoms with Crippen LogP contribution in [0.1, 0.15) is 32.8 Å². The van der Waals surface area contributed by atoms with Gasteiger partial charge in [0.25, 0.3) is 0 Å². The molecule has 1 amide bonds. The molecular weight excluding hydrogens is 420 g/mol. The van der Waals surface area contributed by atoms with E-state index in [-0.39, 0.29) is 18.2 Å². The Kier molecular flexibility index (Phi) is 5.75. The third kappa shape index (κ3) is 4.12. The molecule has 2 atom stereocenters. The van der Waals surface area contributed by atoms with Crippen molar-refractivity contribution in [1.82, 2.24) is 4.90 Å². The largest absolute Gasteiger partial charge is 0.444 e. The van der Waals surface area contributed by atoms with Crippen LogP contribution in [0.25, 0.3) is 0 Å². The van der Waals surface area contributed by atoms with E-state index in [2.05, 4.69) is 20.8 Å². The molecule has 0 aromatic heterocycles. The predicted molar refractivity (Wildman–Crippen MR) is 107 cm³/mol. The minimum Gasteiger partial charge on any atom is -0.444 e. The lowest BCUT2D eigenvalue weighted by Crippen LogP contribution is -2.47. The molecule has 1 aromatic rings. The van der Waals surface area contributed by atoms with Crippen LogP contribution in [0.3, 0.4) is 0 Å². The second-order valence-electron chi connectivity index (χ2n) is 7.92. The maximum Gasteiger partial charge on any atom is 0.410 e. The number of halogens is 2. The van der Waals surface area contributed by atoms with Gasteiger partial charge in [0.15, 0.2) is 0 Å². The number of benzene rings is 1. The third-order valence-corrected chi connectivity index (χ3v) is 5.65. The number of hydrogen-bond acceptors (Lipinski definition) is 4. The van der Waals surface area contributed by atoms with Crippen molar-refractivity contribution < 1.29 is 14.3 Å². The second-order valence-corrected chi connectivity index (χ2v) is 9.21. The molecule has 1 saturated heterocycles. The Morgan fingerprint density at radius 2 is 2.04 bits per heavy atom. The van der Waals surface area contributed by atoms with Crippen molar-refractivity contribution in [2.45, 2.75) is 51.4 Å². The number of fused-ring (bicyclic) bond motifs is 1. The van der Waals surface area contributed by atoms with Crippen molar-refractivity contribution in [1.29, 1.82) is 0 Å². The van der Waals surface area contributed by atoms with Gasteiger partial charge < -0.3 is 19.3 Å². The number of nitrogens with zero attached hydrogens (tertiary/aromatic N) is 2. The van der Waals surface area contributed by atoms with Gasteiger partial charge in [-0.25, -0.2) is 4.79 Å². The van der Waals surface area contributed by atoms with Gasteiger partial charge in [-0.15, -0.1) is 0 Å². The number of aryl methyl sites for hydroxylation is 1. The van der Waals surface area contributed by atoms with Crippen LogP contribution in [-0.2, 0) is 15.9 Å². The van der Waals surface area contributed by atoms with Crippen molar-refractivity contribution in [3.05, 3.63) is 27.2 Å². The number of rotatable bonds is 2. The van der Waals surface area contributed by atoms with Crippen molar-refractivity contribution in [3.63, 3.8) is 0 Å². The topological polar surface area (TPSA) is 42.0 Å². The van der Waals surface area contributed by atoms with Crippen LogP contribution in [0.4, 0.5) is 10.5 Å². The summed E-state index contributed by atoms with van der Waals surface area (Å²) in [5.74, 6) is 0. The van der Waals surface area contributed by atoms with Gasteiger partial charge in [-0.2, -0.15) is 0 Å². The first-order chi connectivity index (χ1) is 12.2. The fraction of sp³-hybridized carbons (Fsp3) is 0.632. The number of amides is 1. The zero-order chi connectivity index (χ0) is 19.1. The smallest absolute Gasteiger partial charge is 0.410 e. The molecule has 2 aliphatic heterocycles. The Bertz CT molecular complexity index is 692. The van der Waals surface area contributed by atoms with Gasteiger partial charge in [-0.3, -0.25) is 0 Å². The van der Waals surface area contributed by atoms with Gasteiger partial charge in [0.1, 0.15) is 5.60 Å². The normalized spacial score (nSPS) is 23.2. The molecule has 2 heterocycles. The molecule has 0 saturated carbocycles. The zero-order valence-electron chi connectivity index (χ0n) is 15.7. The van der Waals surface area contributed by atoms with E-state index in [1.807, 2.05) is 32.9 Å². The average Bonchev–Trinajstić information content (AvgIpc) is 2.96. The number of methoxy groups -OCH3 is 1. The highest BCUT2D eigenvalue weighted by Crippen LogP contribution is 2.39. The van der Waals surface area contributed by atoms with Crippen LogP contribution in [0.15, 0.2) is 16.6 Å². The Balaban J connectivity index is 1.85. The first kappa shape index (κ1) is 19.8. The van der Waals surface area contributed by atoms with Gasteiger partial charge in [0.05, 0.1) is 24.4 Å². The van der Waals surface area contributed by atoms with Gasteiger partial charge in [0.2, 0.25) is 0 Å². The first-order valence-electron chi connectivity index (χ1n) is 8.95. The van der Waals surface area contributed by atoms with Gasteiger partial charge in [-0.1, -0.05) is 11.6 Å². The van der Waals surface area contributed by atoms with Gasteiger partial charge >= 0.3 is 6.09 Å². The molecular formula is C19H26BrClN2O3. The molecule has 2 aliphatic rings. The number of ether oxygens (including phenoxy) is 2. The molecule has 0 bridgehead atoms. The average molecular weight is 446 g/mol. The second kappa shape index (κ2) is 7.56. The summed E-state index contributed by atoms with van der Waals surface area (Å²) in [6.45, 7) is 7.70. The predicted octanol–water partition coefficient (Wildman–Crippen LogP) is 4.49. The molecule has 1 aromatic carbocycles. The highest BCUT2D eigenvalue weighted by atomic mass is 79.9. The Morgan fingerprint density at radius 3 is 2.69 bits per heavy atom. The molecule has 26 heavy (non-hydrogen) atoms. The van der Waals surface area contributed by atoms with E-state index in [1.54, 1.807) is 12.0 Å². The van der Waals surface area contributed by atoms with Crippen LogP contribution >= 0.6 is 27.5 Å². The highest BCUT2D eigenvalue weighted by Gasteiger charge is 2.42. The van der Waals surface area contributed by atoms with Crippen LogP contribution < -0.4 is 4.90 Å². The van der Waals surface area contributed by atoms with E-state index >= 15 is 0 Å². The quantitative estimate of drug-likeness (QED) is 0.673. The molecule has 3 rings (SSSR count). The number of carbonyl (C=O) groups excluding carboxylic acids is 1. The minimum absolute atomic E-state index is 0.0592. The monoisotopic (exact) mass is 444 g/mol. The Morgan fingerprint density at radius 1 is 1.31 bits per heavy atom. The van der Waals surface area contributed by atoms with Gasteiger partial charge in [0, 0.05) is 29.7 Å². The van der Waals surface area contributed by atoms with Crippen molar-refractivity contribution >= 4 is 39.3 Å². The minimum atomic E-state index is -0.505. The maximum atomic E-state index is 12.5. The molecule has 0 N–H and O–H groups in total. The summed E-state index contributed by atoms with van der Waals surface area (Å²) in [5, 5.41) is 0.738. The summed E-state index contributed by atoms with van der Waals surface area (Å²) in [4.78, 5) is 16.6. The van der Waals surface area contributed by atoms with Crippen molar-refractivity contribution in [2.75, 3.05) is 31.6 Å². The van der Waals surface area contributed by atoms with Crippen molar-refractivity contribution in [3.8, 4) is 0 Å². The maximum absolute atomic E-state index is 12.5. The lowest BCUT2D eigenvalue weighted by molar-refractivity contribution is 0.0252. The van der Waals surface area contributed by atoms with Crippen LogP contribution in [0.5, 0.6) is 0 Å². The number of hydrogen-bond donors (Lipinski definition) is 0. The molecule has 5 nitrogen and oxygen atoms in total. The number of anilines is 1. The lowest BCUT2D eigenvalue weighted by atomic mass is 9.99. The van der Waals surface area contributed by atoms with E-state index < -0.39 is 5.60 Å². The standard InChI is InChI=1S/C19H26BrClN2O3/c1-19(2,3)26-18(24)22-10-15(16(11-22)25-4)23-7-5-6-12-8-13(21)9-14(20)17(12)23/h8-9,15-16H,5-7,10-11H2,1-4H3. The van der Waals surface area contributed by atoms with Crippen molar-refractivity contribution in [2.24, 2.45) is 0 Å². The number of likely N-dealkylation sites (tertiary alicyclic amines) is 1. The fourth-order valence-electron chi connectivity index (χ4n) is 3.78. The zero-order valence-corrected chi connectivity index (χ0v) is 18.1. The third-order valence-electron chi connectivity index (χ3n) is 4.83. The SMILES string of the molecule is COC1CN(C(=O)OC(C)(C)C)CC1N1CCCc2cc(Cl)cc(Br)c21. The van der Waals surface area contributed by atoms with Crippen LogP contribution in [0.2, 0.25) is 5.02 Å². The Labute approximate surface area is 168 Å². The molecule has 0 radical (unpaired) electrons. The summed E-state index contributed by atoms with van der Waals surface area (Å²) in [7, 11) is 1.71. The molecule has 0 spiro atoms. The van der Waals surface area contributed by atoms with E-state index in [0.717, 1.165) is 28.9 Å². The lowest BCUT2D eigenvalue weighted by Gasteiger charge is -2.38. The van der Waals surface area contributed by atoms with E-state index in [9.17, 15) is 4.79 Å². The summed E-state index contributed by atoms with van der Waals surface area (Å²) >= 11 is 9.90. The molecule has 2 unspecified atom stereocenters. The molecule has 0 aliphatic carbocycles.